The van der Waals surface area contributed by atoms with Crippen LogP contribution in [-0.2, 0) is 14.3 Å². The number of methoxy groups -OCH3 is 1. The summed E-state index contributed by atoms with van der Waals surface area (Å²) >= 11 is 0. The molecule has 26 heavy (non-hydrogen) atoms. The average Bonchev–Trinajstić information content (AvgIpc) is 3.47. The highest BCUT2D eigenvalue weighted by Gasteiger charge is 2.47. The number of hydrogen-bond donors (Lipinski definition) is 2. The molecule has 2 atom stereocenters. The highest BCUT2D eigenvalue weighted by molar-refractivity contribution is 5.99. The summed E-state index contributed by atoms with van der Waals surface area (Å²) in [5, 5.41) is 5.81. The van der Waals surface area contributed by atoms with E-state index in [0.717, 1.165) is 25.2 Å². The Morgan fingerprint density at radius 3 is 2.46 bits per heavy atom. The Morgan fingerprint density at radius 2 is 1.77 bits per heavy atom. The maximum absolute atomic E-state index is 12.3. The number of carbonyl (C=O) groups is 2. The highest BCUT2D eigenvalue weighted by atomic mass is 16.5. The summed E-state index contributed by atoms with van der Waals surface area (Å²) in [6.07, 6.45) is 5.22. The SMILES string of the molecule is COCCCNC(=O)C1CC1C(=O)Nc1ccc(N2CCCCC2)cc1. The van der Waals surface area contributed by atoms with Crippen LogP contribution in [0.2, 0.25) is 0 Å². The van der Waals surface area contributed by atoms with Crippen LogP contribution >= 0.6 is 0 Å². The average molecular weight is 359 g/mol. The quantitative estimate of drug-likeness (QED) is 0.699. The van der Waals surface area contributed by atoms with Crippen LogP contribution in [0, 0.1) is 11.8 Å². The van der Waals surface area contributed by atoms with E-state index in [9.17, 15) is 9.59 Å². The number of nitrogens with zero attached hydrogens (tertiary/aromatic N) is 1. The Labute approximate surface area is 155 Å². The number of hydrogen-bond acceptors (Lipinski definition) is 4. The standard InChI is InChI=1S/C20H29N3O3/c1-26-13-5-10-21-19(24)17-14-18(17)20(25)22-15-6-8-16(9-7-15)23-11-3-2-4-12-23/h6-9,17-18H,2-5,10-14H2,1H3,(H,21,24)(H,22,25). The monoisotopic (exact) mass is 359 g/mol. The van der Waals surface area contributed by atoms with Crippen LogP contribution in [0.5, 0.6) is 0 Å². The van der Waals surface area contributed by atoms with Gasteiger partial charge in [-0.25, -0.2) is 0 Å². The van der Waals surface area contributed by atoms with Crippen LogP contribution in [0.4, 0.5) is 11.4 Å². The largest absolute Gasteiger partial charge is 0.385 e. The minimum atomic E-state index is -0.209. The Balaban J connectivity index is 1.43. The maximum Gasteiger partial charge on any atom is 0.228 e. The van der Waals surface area contributed by atoms with E-state index in [0.29, 0.717) is 19.6 Å². The van der Waals surface area contributed by atoms with Gasteiger partial charge >= 0.3 is 0 Å². The van der Waals surface area contributed by atoms with E-state index >= 15 is 0 Å². The van der Waals surface area contributed by atoms with Gasteiger partial charge in [-0.1, -0.05) is 0 Å². The van der Waals surface area contributed by atoms with Crippen LogP contribution in [0.1, 0.15) is 32.1 Å². The first kappa shape index (κ1) is 18.7. The number of anilines is 2. The molecule has 1 saturated heterocycles. The third-order valence-electron chi connectivity index (χ3n) is 5.14. The third kappa shape index (κ3) is 4.97. The van der Waals surface area contributed by atoms with Gasteiger partial charge in [-0.2, -0.15) is 0 Å². The molecular weight excluding hydrogens is 330 g/mol. The van der Waals surface area contributed by atoms with Gasteiger partial charge in [0.25, 0.3) is 0 Å². The molecule has 0 bridgehead atoms. The van der Waals surface area contributed by atoms with Crippen molar-refractivity contribution in [3.8, 4) is 0 Å². The van der Waals surface area contributed by atoms with Gasteiger partial charge in [-0.05, 0) is 56.4 Å². The van der Waals surface area contributed by atoms with Crippen molar-refractivity contribution in [2.75, 3.05) is 43.6 Å². The zero-order valence-electron chi connectivity index (χ0n) is 15.5. The first-order valence-electron chi connectivity index (χ1n) is 9.61. The molecular formula is C20H29N3O3. The minimum absolute atomic E-state index is 0.0262. The summed E-state index contributed by atoms with van der Waals surface area (Å²) in [7, 11) is 1.64. The number of benzene rings is 1. The smallest absolute Gasteiger partial charge is 0.228 e. The molecule has 142 valence electrons. The van der Waals surface area contributed by atoms with Gasteiger partial charge in [0, 0.05) is 44.7 Å². The van der Waals surface area contributed by atoms with Gasteiger partial charge in [-0.15, -0.1) is 0 Å². The van der Waals surface area contributed by atoms with Crippen LogP contribution in [-0.4, -0.2) is 45.2 Å². The minimum Gasteiger partial charge on any atom is -0.385 e. The van der Waals surface area contributed by atoms with Crippen molar-refractivity contribution >= 4 is 23.2 Å². The fraction of sp³-hybridized carbons (Fsp3) is 0.600. The molecule has 1 heterocycles. The number of piperidine rings is 1. The van der Waals surface area contributed by atoms with Crippen molar-refractivity contribution in [3.05, 3.63) is 24.3 Å². The van der Waals surface area contributed by atoms with Gasteiger partial charge in [-0.3, -0.25) is 9.59 Å². The van der Waals surface area contributed by atoms with Gasteiger partial charge in [0.15, 0.2) is 0 Å². The number of ether oxygens (including phenoxy) is 1. The van der Waals surface area contributed by atoms with Crippen molar-refractivity contribution in [1.29, 1.82) is 0 Å². The normalized spacial score (nSPS) is 22.0. The van der Waals surface area contributed by atoms with Gasteiger partial charge in [0.05, 0.1) is 11.8 Å². The molecule has 0 spiro atoms. The van der Waals surface area contributed by atoms with Crippen molar-refractivity contribution in [3.63, 3.8) is 0 Å². The highest BCUT2D eigenvalue weighted by Crippen LogP contribution is 2.39. The maximum atomic E-state index is 12.3. The fourth-order valence-corrected chi connectivity index (χ4v) is 3.48. The molecule has 1 aromatic rings. The summed E-state index contributed by atoms with van der Waals surface area (Å²) < 4.78 is 4.95. The van der Waals surface area contributed by atoms with E-state index in [2.05, 4.69) is 27.7 Å². The zero-order chi connectivity index (χ0) is 18.4. The van der Waals surface area contributed by atoms with Crippen molar-refractivity contribution < 1.29 is 14.3 Å². The van der Waals surface area contributed by atoms with E-state index in [4.69, 9.17) is 4.74 Å². The van der Waals surface area contributed by atoms with E-state index in [1.54, 1.807) is 7.11 Å². The second-order valence-corrected chi connectivity index (χ2v) is 7.17. The topological polar surface area (TPSA) is 70.7 Å². The van der Waals surface area contributed by atoms with Gasteiger partial charge < -0.3 is 20.3 Å². The Morgan fingerprint density at radius 1 is 1.08 bits per heavy atom. The molecule has 1 aromatic carbocycles. The first-order valence-corrected chi connectivity index (χ1v) is 9.61. The Kier molecular flexibility index (Phi) is 6.50. The lowest BCUT2D eigenvalue weighted by molar-refractivity contribution is -0.125. The number of rotatable bonds is 8. The summed E-state index contributed by atoms with van der Waals surface area (Å²) in [5.41, 5.74) is 2.00. The predicted molar refractivity (Wildman–Crippen MR) is 102 cm³/mol. The van der Waals surface area contributed by atoms with Crippen LogP contribution in [0.15, 0.2) is 24.3 Å². The molecule has 0 aromatic heterocycles. The van der Waals surface area contributed by atoms with Crippen LogP contribution in [0.25, 0.3) is 0 Å². The Bertz CT molecular complexity index is 611. The Hall–Kier alpha value is -2.08. The first-order chi connectivity index (χ1) is 12.7. The molecule has 1 aliphatic carbocycles. The molecule has 1 aliphatic heterocycles. The summed E-state index contributed by atoms with van der Waals surface area (Å²) in [5.74, 6) is -0.487. The molecule has 2 N–H and O–H groups in total. The van der Waals surface area contributed by atoms with E-state index in [-0.39, 0.29) is 23.7 Å². The molecule has 2 amide bonds. The van der Waals surface area contributed by atoms with E-state index in [1.807, 2.05) is 12.1 Å². The molecule has 2 fully saturated rings. The predicted octanol–water partition coefficient (Wildman–Crippen LogP) is 2.40. The molecule has 3 rings (SSSR count). The van der Waals surface area contributed by atoms with Crippen LogP contribution < -0.4 is 15.5 Å². The van der Waals surface area contributed by atoms with Crippen molar-refractivity contribution in [2.24, 2.45) is 11.8 Å². The van der Waals surface area contributed by atoms with Gasteiger partial charge in [0.1, 0.15) is 0 Å². The second-order valence-electron chi connectivity index (χ2n) is 7.17. The lowest BCUT2D eigenvalue weighted by Gasteiger charge is -2.28. The van der Waals surface area contributed by atoms with E-state index in [1.165, 1.54) is 24.9 Å². The third-order valence-corrected chi connectivity index (χ3v) is 5.14. The number of carbonyl (C=O) groups excluding carboxylic acids is 2. The van der Waals surface area contributed by atoms with Crippen LogP contribution in [0.3, 0.4) is 0 Å². The van der Waals surface area contributed by atoms with E-state index < -0.39 is 0 Å². The molecule has 6 heteroatoms. The number of nitrogens with one attached hydrogen (secondary N) is 2. The molecule has 6 nitrogen and oxygen atoms in total. The summed E-state index contributed by atoms with van der Waals surface area (Å²) in [4.78, 5) is 26.7. The number of amides is 2. The lowest BCUT2D eigenvalue weighted by Crippen LogP contribution is -2.29. The molecule has 2 aliphatic rings. The second kappa shape index (κ2) is 9.03. The molecule has 2 unspecified atom stereocenters. The zero-order valence-corrected chi connectivity index (χ0v) is 15.5. The van der Waals surface area contributed by atoms with Crippen molar-refractivity contribution in [1.82, 2.24) is 5.32 Å². The van der Waals surface area contributed by atoms with Gasteiger partial charge in [0.2, 0.25) is 11.8 Å². The molecule has 0 radical (unpaired) electrons. The van der Waals surface area contributed by atoms with Crippen molar-refractivity contribution in [2.45, 2.75) is 32.1 Å². The fourth-order valence-electron chi connectivity index (χ4n) is 3.48. The lowest BCUT2D eigenvalue weighted by atomic mass is 10.1. The summed E-state index contributed by atoms with van der Waals surface area (Å²) in [6, 6.07) is 8.02. The summed E-state index contributed by atoms with van der Waals surface area (Å²) in [6.45, 7) is 3.43. The molecule has 1 saturated carbocycles.